The summed E-state index contributed by atoms with van der Waals surface area (Å²) in [5, 5.41) is 0. The van der Waals surface area contributed by atoms with Crippen LogP contribution in [0, 0.1) is 0 Å². The number of anilines is 1. The molecule has 1 heterocycles. The first-order valence-corrected chi connectivity index (χ1v) is 5.59. The Kier molecular flexibility index (Phi) is 2.37. The van der Waals surface area contributed by atoms with E-state index in [1.54, 1.807) is 0 Å². The lowest BCUT2D eigenvalue weighted by molar-refractivity contribution is 0.826. The van der Waals surface area contributed by atoms with Gasteiger partial charge in [-0.2, -0.15) is 0 Å². The third-order valence-electron chi connectivity index (χ3n) is 2.53. The van der Waals surface area contributed by atoms with E-state index >= 15 is 0 Å². The van der Waals surface area contributed by atoms with Gasteiger partial charge < -0.3 is 4.90 Å². The molecular weight excluding hydrogens is 240 g/mol. The molecule has 0 amide bonds. The Labute approximate surface area is 98.6 Å². The number of hydrogen-bond acceptors (Lipinski definition) is 1. The van der Waals surface area contributed by atoms with Crippen molar-refractivity contribution in [3.8, 4) is 0 Å². The summed E-state index contributed by atoms with van der Waals surface area (Å²) >= 11 is 18.5. The average molecular weight is 251 g/mol. The Morgan fingerprint density at radius 1 is 1.14 bits per heavy atom. The van der Waals surface area contributed by atoms with Gasteiger partial charge in [-0.25, -0.2) is 0 Å². The molecule has 1 atom stereocenters. The van der Waals surface area contributed by atoms with Crippen molar-refractivity contribution in [3.63, 3.8) is 0 Å². The number of rotatable bonds is 2. The molecule has 1 saturated heterocycles. The number of para-hydroxylation sites is 1. The Balaban J connectivity index is 2.32. The van der Waals surface area contributed by atoms with E-state index in [4.69, 9.17) is 34.8 Å². The van der Waals surface area contributed by atoms with Gasteiger partial charge in [0.15, 0.2) is 5.00 Å². The average Bonchev–Trinajstić information content (AvgIpc) is 2.63. The molecule has 76 valence electrons. The van der Waals surface area contributed by atoms with E-state index in [9.17, 15) is 0 Å². The molecule has 1 unspecified atom stereocenters. The normalized spacial score (nSPS) is 29.0. The first-order valence-electron chi connectivity index (χ1n) is 4.46. The molecule has 2 rings (SSSR count). The third-order valence-corrected chi connectivity index (χ3v) is 4.40. The Bertz CT molecular complexity index is 338. The fourth-order valence-electron chi connectivity index (χ4n) is 1.64. The second-order valence-corrected chi connectivity index (χ2v) is 5.24. The van der Waals surface area contributed by atoms with Crippen LogP contribution in [-0.4, -0.2) is 9.46 Å². The van der Waals surface area contributed by atoms with Crippen LogP contribution in [0.3, 0.4) is 0 Å². The van der Waals surface area contributed by atoms with E-state index in [-0.39, 0.29) is 0 Å². The molecular formula is C10H10Cl3N. The van der Waals surface area contributed by atoms with Gasteiger partial charge in [0, 0.05) is 5.69 Å². The van der Waals surface area contributed by atoms with Gasteiger partial charge in [-0.05, 0) is 18.6 Å². The van der Waals surface area contributed by atoms with Gasteiger partial charge >= 0.3 is 0 Å². The van der Waals surface area contributed by atoms with Crippen molar-refractivity contribution in [3.05, 3.63) is 30.3 Å². The van der Waals surface area contributed by atoms with E-state index in [1.807, 2.05) is 42.2 Å². The van der Waals surface area contributed by atoms with Crippen molar-refractivity contribution in [2.75, 3.05) is 4.90 Å². The maximum atomic E-state index is 6.28. The van der Waals surface area contributed by atoms with Gasteiger partial charge in [-0.3, -0.25) is 0 Å². The standard InChI is InChI=1S/C10H10Cl3N/c1-2-9(11)10(12,13)14(9)8-6-4-3-5-7-8/h3-7H,2H2,1H3. The van der Waals surface area contributed by atoms with Crippen LogP contribution in [0.4, 0.5) is 5.69 Å². The van der Waals surface area contributed by atoms with Gasteiger partial charge in [-0.1, -0.05) is 59.9 Å². The molecule has 14 heavy (non-hydrogen) atoms. The van der Waals surface area contributed by atoms with Gasteiger partial charge in [0.2, 0.25) is 4.46 Å². The zero-order chi connectivity index (χ0) is 10.4. The number of hydrogen-bond donors (Lipinski definition) is 0. The highest BCUT2D eigenvalue weighted by atomic mass is 35.5. The topological polar surface area (TPSA) is 3.01 Å². The number of halogens is 3. The molecule has 1 nitrogen and oxygen atoms in total. The van der Waals surface area contributed by atoms with E-state index in [0.717, 1.165) is 5.69 Å². The van der Waals surface area contributed by atoms with Gasteiger partial charge in [-0.15, -0.1) is 0 Å². The van der Waals surface area contributed by atoms with E-state index in [1.165, 1.54) is 0 Å². The number of nitrogens with zero attached hydrogens (tertiary/aromatic N) is 1. The summed E-state index contributed by atoms with van der Waals surface area (Å²) in [7, 11) is 0. The fraction of sp³-hybridized carbons (Fsp3) is 0.400. The molecule has 4 heteroatoms. The van der Waals surface area contributed by atoms with Crippen LogP contribution < -0.4 is 4.90 Å². The molecule has 1 aromatic carbocycles. The molecule has 0 aromatic heterocycles. The summed E-state index contributed by atoms with van der Waals surface area (Å²) in [6.07, 6.45) is 0.705. The summed E-state index contributed by atoms with van der Waals surface area (Å²) in [5.41, 5.74) is 0.953. The van der Waals surface area contributed by atoms with Crippen molar-refractivity contribution in [2.24, 2.45) is 0 Å². The minimum Gasteiger partial charge on any atom is -0.314 e. The van der Waals surface area contributed by atoms with E-state index in [2.05, 4.69) is 0 Å². The highest BCUT2D eigenvalue weighted by Gasteiger charge is 2.73. The fourth-order valence-corrected chi connectivity index (χ4v) is 2.83. The van der Waals surface area contributed by atoms with Gasteiger partial charge in [0.05, 0.1) is 0 Å². The van der Waals surface area contributed by atoms with Crippen LogP contribution in [0.15, 0.2) is 30.3 Å². The smallest absolute Gasteiger partial charge is 0.229 e. The molecule has 1 aliphatic rings. The van der Waals surface area contributed by atoms with Crippen LogP contribution in [0.25, 0.3) is 0 Å². The second-order valence-electron chi connectivity index (χ2n) is 3.33. The third kappa shape index (κ3) is 1.23. The Morgan fingerprint density at radius 2 is 1.71 bits per heavy atom. The quantitative estimate of drug-likeness (QED) is 0.436. The molecule has 0 saturated carbocycles. The lowest BCUT2D eigenvalue weighted by Crippen LogP contribution is -2.08. The first-order chi connectivity index (χ1) is 6.54. The molecule has 1 fully saturated rings. The summed E-state index contributed by atoms with van der Waals surface area (Å²) in [5.74, 6) is 0. The summed E-state index contributed by atoms with van der Waals surface area (Å²) in [6, 6.07) is 9.70. The number of benzene rings is 1. The lowest BCUT2D eigenvalue weighted by Gasteiger charge is -2.06. The van der Waals surface area contributed by atoms with Gasteiger partial charge in [0.1, 0.15) is 0 Å². The minimum atomic E-state index is -0.981. The van der Waals surface area contributed by atoms with Crippen LogP contribution in [0.2, 0.25) is 0 Å². The molecule has 1 aromatic rings. The SMILES string of the molecule is CCC1(Cl)N(c2ccccc2)C1(Cl)Cl. The molecule has 0 aliphatic carbocycles. The summed E-state index contributed by atoms with van der Waals surface area (Å²) < 4.78 is -0.981. The van der Waals surface area contributed by atoms with Crippen molar-refractivity contribution in [2.45, 2.75) is 22.8 Å². The summed E-state index contributed by atoms with van der Waals surface area (Å²) in [6.45, 7) is 1.97. The highest BCUT2D eigenvalue weighted by Crippen LogP contribution is 2.64. The summed E-state index contributed by atoms with van der Waals surface area (Å²) in [4.78, 5) is 1.15. The van der Waals surface area contributed by atoms with Crippen molar-refractivity contribution >= 4 is 40.5 Å². The van der Waals surface area contributed by atoms with Crippen LogP contribution in [-0.2, 0) is 0 Å². The van der Waals surface area contributed by atoms with Crippen molar-refractivity contribution < 1.29 is 0 Å². The van der Waals surface area contributed by atoms with Crippen molar-refractivity contribution in [1.82, 2.24) is 0 Å². The van der Waals surface area contributed by atoms with E-state index < -0.39 is 9.46 Å². The number of alkyl halides is 3. The second kappa shape index (κ2) is 3.19. The predicted molar refractivity (Wildman–Crippen MR) is 62.2 cm³/mol. The molecule has 0 N–H and O–H groups in total. The van der Waals surface area contributed by atoms with Crippen LogP contribution in [0.1, 0.15) is 13.3 Å². The Hall–Kier alpha value is -0.110. The van der Waals surface area contributed by atoms with Gasteiger partial charge in [0.25, 0.3) is 0 Å². The largest absolute Gasteiger partial charge is 0.314 e. The minimum absolute atomic E-state index is 0.655. The van der Waals surface area contributed by atoms with Crippen LogP contribution >= 0.6 is 34.8 Å². The lowest BCUT2D eigenvalue weighted by atomic mass is 10.3. The monoisotopic (exact) mass is 249 g/mol. The maximum Gasteiger partial charge on any atom is 0.229 e. The zero-order valence-electron chi connectivity index (χ0n) is 7.67. The molecule has 0 bridgehead atoms. The highest BCUT2D eigenvalue weighted by molar-refractivity contribution is 6.60. The van der Waals surface area contributed by atoms with Crippen LogP contribution in [0.5, 0.6) is 0 Å². The van der Waals surface area contributed by atoms with E-state index in [0.29, 0.717) is 6.42 Å². The van der Waals surface area contributed by atoms with Crippen molar-refractivity contribution in [1.29, 1.82) is 0 Å². The zero-order valence-corrected chi connectivity index (χ0v) is 9.94. The Morgan fingerprint density at radius 3 is 2.14 bits per heavy atom. The molecule has 0 spiro atoms. The maximum absolute atomic E-state index is 6.28. The first kappa shape index (κ1) is 10.4. The molecule has 0 radical (unpaired) electrons. The predicted octanol–water partition coefficient (Wildman–Crippen LogP) is 3.98. The molecule has 1 aliphatic heterocycles.